The van der Waals surface area contributed by atoms with Gasteiger partial charge < -0.3 is 14.2 Å². The number of hydrogen-bond donors (Lipinski definition) is 1. The van der Waals surface area contributed by atoms with E-state index in [9.17, 15) is 4.79 Å². The van der Waals surface area contributed by atoms with E-state index in [4.69, 9.17) is 14.2 Å². The Morgan fingerprint density at radius 3 is 2.50 bits per heavy atom. The lowest BCUT2D eigenvalue weighted by molar-refractivity contribution is -0.121. The van der Waals surface area contributed by atoms with Gasteiger partial charge in [0.05, 0.1) is 32.0 Å². The quantitative estimate of drug-likeness (QED) is 0.459. The third-order valence-electron chi connectivity index (χ3n) is 4.30. The number of carbonyl (C=O) groups is 1. The van der Waals surface area contributed by atoms with Crippen molar-refractivity contribution in [1.29, 1.82) is 0 Å². The molecule has 1 N–H and O–H groups in total. The van der Waals surface area contributed by atoms with E-state index in [0.29, 0.717) is 17.9 Å². The fourth-order valence-electron chi connectivity index (χ4n) is 2.73. The number of methoxy groups -OCH3 is 3. The van der Waals surface area contributed by atoms with Gasteiger partial charge in [-0.15, -0.1) is 0 Å². The number of hydrazone groups is 1. The normalized spacial score (nSPS) is 10.8. The molecule has 0 radical (unpaired) electrons. The lowest BCUT2D eigenvalue weighted by atomic mass is 10.0. The Morgan fingerprint density at radius 1 is 1.11 bits per heavy atom. The summed E-state index contributed by atoms with van der Waals surface area (Å²) in [6.07, 6.45) is 3.51. The highest BCUT2D eigenvalue weighted by Gasteiger charge is 2.08. The molecule has 0 aliphatic heterocycles. The van der Waals surface area contributed by atoms with Crippen LogP contribution in [-0.4, -0.2) is 33.5 Å². The van der Waals surface area contributed by atoms with Crippen molar-refractivity contribution in [3.05, 3.63) is 51.5 Å². The van der Waals surface area contributed by atoms with E-state index >= 15 is 0 Å². The molecule has 0 saturated heterocycles. The molecule has 2 rings (SSSR count). The van der Waals surface area contributed by atoms with Crippen LogP contribution in [-0.2, 0) is 11.2 Å². The second-order valence-electron chi connectivity index (χ2n) is 6.17. The fraction of sp³-hybridized carbons (Fsp3) is 0.333. The monoisotopic (exact) mass is 448 g/mol. The predicted octanol–water partition coefficient (Wildman–Crippen LogP) is 4.26. The molecule has 2 aromatic rings. The maximum absolute atomic E-state index is 12.0. The van der Waals surface area contributed by atoms with Crippen molar-refractivity contribution >= 4 is 28.1 Å². The first-order chi connectivity index (χ1) is 13.5. The number of hydrogen-bond acceptors (Lipinski definition) is 5. The lowest BCUT2D eigenvalue weighted by Crippen LogP contribution is -2.17. The van der Waals surface area contributed by atoms with Crippen molar-refractivity contribution in [2.75, 3.05) is 21.3 Å². The van der Waals surface area contributed by atoms with Gasteiger partial charge in [-0.2, -0.15) is 5.10 Å². The van der Waals surface area contributed by atoms with Gasteiger partial charge in [-0.25, -0.2) is 5.43 Å². The van der Waals surface area contributed by atoms with Crippen LogP contribution < -0.4 is 19.6 Å². The van der Waals surface area contributed by atoms with Crippen LogP contribution >= 0.6 is 15.9 Å². The number of aryl methyl sites for hydroxylation is 2. The molecule has 0 heterocycles. The molecular formula is C21H25BrN2O4. The molecule has 1 amide bonds. The Morgan fingerprint density at radius 2 is 1.86 bits per heavy atom. The lowest BCUT2D eigenvalue weighted by Gasteiger charge is -2.09. The molecule has 7 heteroatoms. The van der Waals surface area contributed by atoms with Crippen LogP contribution in [0, 0.1) is 6.92 Å². The summed E-state index contributed by atoms with van der Waals surface area (Å²) < 4.78 is 16.6. The highest BCUT2D eigenvalue weighted by atomic mass is 79.9. The molecule has 0 atom stereocenters. The smallest absolute Gasteiger partial charge is 0.240 e. The van der Waals surface area contributed by atoms with Crippen LogP contribution in [0.25, 0.3) is 0 Å². The number of halogens is 1. The Labute approximate surface area is 174 Å². The maximum atomic E-state index is 12.0. The summed E-state index contributed by atoms with van der Waals surface area (Å²) >= 11 is 3.43. The van der Waals surface area contributed by atoms with E-state index in [2.05, 4.69) is 26.5 Å². The molecule has 28 heavy (non-hydrogen) atoms. The number of benzene rings is 2. The molecule has 6 nitrogen and oxygen atoms in total. The van der Waals surface area contributed by atoms with E-state index in [1.807, 2.05) is 31.2 Å². The molecule has 0 fully saturated rings. The van der Waals surface area contributed by atoms with Gasteiger partial charge in [0, 0.05) is 18.1 Å². The van der Waals surface area contributed by atoms with Crippen LogP contribution in [0.15, 0.2) is 39.9 Å². The van der Waals surface area contributed by atoms with Gasteiger partial charge in [-0.05, 0) is 65.0 Å². The zero-order chi connectivity index (χ0) is 20.5. The zero-order valence-electron chi connectivity index (χ0n) is 16.5. The van der Waals surface area contributed by atoms with E-state index < -0.39 is 0 Å². The third-order valence-corrected chi connectivity index (χ3v) is 4.92. The molecule has 0 spiro atoms. The second-order valence-corrected chi connectivity index (χ2v) is 7.02. The summed E-state index contributed by atoms with van der Waals surface area (Å²) in [4.78, 5) is 12.0. The Balaban J connectivity index is 1.86. The number of amides is 1. The maximum Gasteiger partial charge on any atom is 0.240 e. The average molecular weight is 449 g/mol. The number of ether oxygens (including phenoxy) is 3. The van der Waals surface area contributed by atoms with Gasteiger partial charge in [-0.3, -0.25) is 4.79 Å². The number of nitrogens with zero attached hydrogens (tertiary/aromatic N) is 1. The van der Waals surface area contributed by atoms with E-state index in [1.54, 1.807) is 33.6 Å². The van der Waals surface area contributed by atoms with Gasteiger partial charge in [0.1, 0.15) is 17.2 Å². The zero-order valence-corrected chi connectivity index (χ0v) is 18.1. The van der Waals surface area contributed by atoms with Gasteiger partial charge >= 0.3 is 0 Å². The topological polar surface area (TPSA) is 69.2 Å². The minimum Gasteiger partial charge on any atom is -0.497 e. The van der Waals surface area contributed by atoms with Crippen molar-refractivity contribution in [3.63, 3.8) is 0 Å². The van der Waals surface area contributed by atoms with Crippen molar-refractivity contribution in [1.82, 2.24) is 5.43 Å². The largest absolute Gasteiger partial charge is 0.497 e. The summed E-state index contributed by atoms with van der Waals surface area (Å²) in [6.45, 7) is 2.04. The van der Waals surface area contributed by atoms with Crippen molar-refractivity contribution in [2.45, 2.75) is 26.2 Å². The van der Waals surface area contributed by atoms with Crippen LogP contribution in [0.1, 0.15) is 29.5 Å². The Bertz CT molecular complexity index is 853. The average Bonchev–Trinajstić information content (AvgIpc) is 2.69. The summed E-state index contributed by atoms with van der Waals surface area (Å²) in [5.74, 6) is 1.97. The molecule has 0 aliphatic carbocycles. The van der Waals surface area contributed by atoms with Crippen LogP contribution in [0.4, 0.5) is 0 Å². The van der Waals surface area contributed by atoms with Crippen molar-refractivity contribution < 1.29 is 19.0 Å². The number of rotatable bonds is 9. The fourth-order valence-corrected chi connectivity index (χ4v) is 3.25. The van der Waals surface area contributed by atoms with Crippen LogP contribution in [0.5, 0.6) is 17.2 Å². The molecule has 0 bridgehead atoms. The van der Waals surface area contributed by atoms with Gasteiger partial charge in [0.15, 0.2) is 0 Å². The summed E-state index contributed by atoms with van der Waals surface area (Å²) in [7, 11) is 4.81. The van der Waals surface area contributed by atoms with Crippen LogP contribution in [0.3, 0.4) is 0 Å². The second kappa shape index (κ2) is 10.7. The first-order valence-electron chi connectivity index (χ1n) is 8.85. The predicted molar refractivity (Wildman–Crippen MR) is 114 cm³/mol. The van der Waals surface area contributed by atoms with E-state index in [-0.39, 0.29) is 5.91 Å². The molecular weight excluding hydrogens is 424 g/mol. The minimum atomic E-state index is -0.131. The molecule has 2 aromatic carbocycles. The highest BCUT2D eigenvalue weighted by Crippen LogP contribution is 2.31. The molecule has 0 aromatic heterocycles. The van der Waals surface area contributed by atoms with Gasteiger partial charge in [0.2, 0.25) is 5.91 Å². The summed E-state index contributed by atoms with van der Waals surface area (Å²) in [5.41, 5.74) is 5.66. The molecule has 0 aliphatic rings. The molecule has 150 valence electrons. The third kappa shape index (κ3) is 5.99. The summed E-state index contributed by atoms with van der Waals surface area (Å²) in [6, 6.07) is 9.55. The van der Waals surface area contributed by atoms with Gasteiger partial charge in [0.25, 0.3) is 0 Å². The summed E-state index contributed by atoms with van der Waals surface area (Å²) in [5, 5.41) is 4.03. The van der Waals surface area contributed by atoms with Crippen molar-refractivity contribution in [3.8, 4) is 17.2 Å². The first kappa shape index (κ1) is 21.8. The van der Waals surface area contributed by atoms with E-state index in [0.717, 1.165) is 34.2 Å². The highest BCUT2D eigenvalue weighted by molar-refractivity contribution is 9.10. The van der Waals surface area contributed by atoms with Crippen molar-refractivity contribution in [2.24, 2.45) is 5.10 Å². The molecule has 0 saturated carbocycles. The first-order valence-corrected chi connectivity index (χ1v) is 9.64. The number of nitrogens with one attached hydrogen (secondary N) is 1. The van der Waals surface area contributed by atoms with E-state index in [1.165, 1.54) is 5.56 Å². The minimum absolute atomic E-state index is 0.131. The van der Waals surface area contributed by atoms with Crippen LogP contribution in [0.2, 0.25) is 0 Å². The standard InChI is InChI=1S/C21H25BrN2O4/c1-14-10-17(26-2)9-8-15(14)6-5-7-21(25)24-23-13-16-11-18(22)20(28-4)12-19(16)27-3/h8-13H,5-7H2,1-4H3,(H,24,25)/b23-13-. The van der Waals surface area contributed by atoms with Gasteiger partial charge in [-0.1, -0.05) is 6.07 Å². The Kier molecular flexibility index (Phi) is 8.32. The number of carbonyl (C=O) groups excluding carboxylic acids is 1. The molecule has 0 unspecified atom stereocenters. The Hall–Kier alpha value is -2.54. The SMILES string of the molecule is COc1ccc(CCCC(=O)N/N=C\c2cc(Br)c(OC)cc2OC)c(C)c1.